The Balaban J connectivity index is 1.79. The third-order valence-corrected chi connectivity index (χ3v) is 3.42. The Morgan fingerprint density at radius 2 is 2.11 bits per heavy atom. The fourth-order valence-electron chi connectivity index (χ4n) is 2.40. The molecule has 1 saturated heterocycles. The molecule has 1 aromatic rings. The summed E-state index contributed by atoms with van der Waals surface area (Å²) in [6.07, 6.45) is 5.27. The highest BCUT2D eigenvalue weighted by molar-refractivity contribution is 6.00. The van der Waals surface area contributed by atoms with Crippen LogP contribution in [0.4, 0.5) is 11.6 Å². The van der Waals surface area contributed by atoms with Crippen LogP contribution in [-0.2, 0) is 9.53 Å². The van der Waals surface area contributed by atoms with Crippen LogP contribution in [0, 0.1) is 5.92 Å². The van der Waals surface area contributed by atoms with Crippen LogP contribution in [-0.4, -0.2) is 42.2 Å². The normalized spacial score (nSPS) is 20.4. The summed E-state index contributed by atoms with van der Waals surface area (Å²) in [4.78, 5) is 22.2. The molecule has 18 heavy (non-hydrogen) atoms. The number of amides is 1. The lowest BCUT2D eigenvalue weighted by molar-refractivity contribution is -0.117. The second kappa shape index (κ2) is 4.89. The predicted molar refractivity (Wildman–Crippen MR) is 66.4 cm³/mol. The molecule has 2 aliphatic heterocycles. The van der Waals surface area contributed by atoms with Crippen LogP contribution < -0.4 is 10.2 Å². The van der Waals surface area contributed by atoms with E-state index < -0.39 is 0 Å². The van der Waals surface area contributed by atoms with Gasteiger partial charge in [-0.2, -0.15) is 0 Å². The van der Waals surface area contributed by atoms with E-state index in [2.05, 4.69) is 15.3 Å². The first kappa shape index (κ1) is 11.4. The van der Waals surface area contributed by atoms with Crippen molar-refractivity contribution in [1.29, 1.82) is 0 Å². The molecule has 6 nitrogen and oxygen atoms in total. The zero-order chi connectivity index (χ0) is 12.4. The summed E-state index contributed by atoms with van der Waals surface area (Å²) in [5.74, 6) is 1.91. The molecule has 1 fully saturated rings. The highest BCUT2D eigenvalue weighted by Gasteiger charge is 2.28. The fourth-order valence-corrected chi connectivity index (χ4v) is 2.40. The Hall–Kier alpha value is -1.69. The van der Waals surface area contributed by atoms with E-state index in [1.807, 2.05) is 0 Å². The first-order valence-corrected chi connectivity index (χ1v) is 6.27. The van der Waals surface area contributed by atoms with E-state index in [1.54, 1.807) is 17.3 Å². The van der Waals surface area contributed by atoms with Crippen LogP contribution >= 0.6 is 0 Å². The molecule has 0 unspecified atom stereocenters. The lowest BCUT2D eigenvalue weighted by Gasteiger charge is -2.32. The van der Waals surface area contributed by atoms with Crippen LogP contribution in [0.3, 0.4) is 0 Å². The van der Waals surface area contributed by atoms with Crippen LogP contribution in [0.5, 0.6) is 0 Å². The van der Waals surface area contributed by atoms with Gasteiger partial charge in [0.15, 0.2) is 11.6 Å². The van der Waals surface area contributed by atoms with Gasteiger partial charge in [0.2, 0.25) is 5.91 Å². The highest BCUT2D eigenvalue weighted by Crippen LogP contribution is 2.26. The van der Waals surface area contributed by atoms with Crippen molar-refractivity contribution in [2.75, 3.05) is 36.5 Å². The summed E-state index contributed by atoms with van der Waals surface area (Å²) < 4.78 is 5.34. The molecule has 0 radical (unpaired) electrons. The van der Waals surface area contributed by atoms with Gasteiger partial charge in [-0.25, -0.2) is 9.97 Å². The number of nitrogens with one attached hydrogen (secondary N) is 1. The molecule has 3 rings (SSSR count). The Morgan fingerprint density at radius 1 is 1.33 bits per heavy atom. The summed E-state index contributed by atoms with van der Waals surface area (Å²) in [5.41, 5.74) is 0. The van der Waals surface area contributed by atoms with Gasteiger partial charge in [0, 0.05) is 32.2 Å². The summed E-state index contributed by atoms with van der Waals surface area (Å²) >= 11 is 0. The van der Waals surface area contributed by atoms with Gasteiger partial charge in [0.1, 0.15) is 0 Å². The third-order valence-electron chi connectivity index (χ3n) is 3.42. The first-order chi connectivity index (χ1) is 8.84. The third kappa shape index (κ3) is 2.15. The summed E-state index contributed by atoms with van der Waals surface area (Å²) in [6, 6.07) is 0. The molecule has 1 aromatic heterocycles. The molecule has 0 aromatic carbocycles. The number of aromatic nitrogens is 2. The number of carbonyl (C=O) groups excluding carboxylic acids is 1. The van der Waals surface area contributed by atoms with Crippen molar-refractivity contribution >= 4 is 17.5 Å². The molecule has 0 atom stereocenters. The number of rotatable bonds is 2. The van der Waals surface area contributed by atoms with E-state index in [4.69, 9.17) is 4.74 Å². The van der Waals surface area contributed by atoms with E-state index in [1.165, 1.54) is 0 Å². The smallest absolute Gasteiger partial charge is 0.247 e. The predicted octanol–water partition coefficient (Wildman–Crippen LogP) is 0.662. The number of carbonyl (C=O) groups is 1. The lowest BCUT2D eigenvalue weighted by atomic mass is 9.99. The Labute approximate surface area is 105 Å². The molecule has 3 heterocycles. The van der Waals surface area contributed by atoms with Crippen molar-refractivity contribution in [1.82, 2.24) is 9.97 Å². The molecule has 0 aliphatic carbocycles. The van der Waals surface area contributed by atoms with Crippen molar-refractivity contribution in [2.45, 2.75) is 12.8 Å². The van der Waals surface area contributed by atoms with Gasteiger partial charge in [-0.3, -0.25) is 9.69 Å². The van der Waals surface area contributed by atoms with Gasteiger partial charge in [0.25, 0.3) is 0 Å². The van der Waals surface area contributed by atoms with Crippen molar-refractivity contribution in [3.8, 4) is 0 Å². The first-order valence-electron chi connectivity index (χ1n) is 6.27. The van der Waals surface area contributed by atoms with Crippen molar-refractivity contribution in [3.63, 3.8) is 0 Å². The van der Waals surface area contributed by atoms with Crippen LogP contribution in [0.25, 0.3) is 0 Å². The fraction of sp³-hybridized carbons (Fsp3) is 0.583. The second-order valence-electron chi connectivity index (χ2n) is 4.64. The van der Waals surface area contributed by atoms with E-state index in [9.17, 15) is 4.79 Å². The lowest BCUT2D eigenvalue weighted by Crippen LogP contribution is -2.44. The van der Waals surface area contributed by atoms with Gasteiger partial charge in [-0.15, -0.1) is 0 Å². The van der Waals surface area contributed by atoms with E-state index >= 15 is 0 Å². The summed E-state index contributed by atoms with van der Waals surface area (Å²) in [6.45, 7) is 2.60. The minimum Gasteiger partial charge on any atom is -0.381 e. The van der Waals surface area contributed by atoms with E-state index in [0.717, 1.165) is 32.6 Å². The molecule has 6 heteroatoms. The molecular formula is C12H16N4O2. The number of ether oxygens (including phenoxy) is 1. The number of hydrogen-bond donors (Lipinski definition) is 1. The summed E-state index contributed by atoms with van der Waals surface area (Å²) in [5, 5.41) is 2.99. The highest BCUT2D eigenvalue weighted by atomic mass is 16.5. The number of hydrogen-bond acceptors (Lipinski definition) is 5. The second-order valence-corrected chi connectivity index (χ2v) is 4.64. The minimum absolute atomic E-state index is 0.0643. The van der Waals surface area contributed by atoms with Crippen LogP contribution in [0.1, 0.15) is 12.8 Å². The zero-order valence-corrected chi connectivity index (χ0v) is 10.1. The Kier molecular flexibility index (Phi) is 3.10. The summed E-state index contributed by atoms with van der Waals surface area (Å²) in [7, 11) is 0. The molecule has 2 aliphatic rings. The van der Waals surface area contributed by atoms with Gasteiger partial charge >= 0.3 is 0 Å². The van der Waals surface area contributed by atoms with Crippen molar-refractivity contribution in [3.05, 3.63) is 12.4 Å². The zero-order valence-electron chi connectivity index (χ0n) is 10.1. The van der Waals surface area contributed by atoms with E-state index in [0.29, 0.717) is 24.1 Å². The maximum Gasteiger partial charge on any atom is 0.247 e. The van der Waals surface area contributed by atoms with Crippen LogP contribution in [0.15, 0.2) is 12.4 Å². The topological polar surface area (TPSA) is 67.4 Å². The molecule has 0 bridgehead atoms. The van der Waals surface area contributed by atoms with Crippen molar-refractivity contribution in [2.24, 2.45) is 5.92 Å². The Morgan fingerprint density at radius 3 is 2.94 bits per heavy atom. The number of fused-ring (bicyclic) bond motifs is 1. The molecule has 0 spiro atoms. The molecule has 1 amide bonds. The maximum atomic E-state index is 12.0. The monoisotopic (exact) mass is 248 g/mol. The van der Waals surface area contributed by atoms with E-state index in [-0.39, 0.29) is 5.91 Å². The number of nitrogens with zero attached hydrogens (tertiary/aromatic N) is 3. The van der Waals surface area contributed by atoms with Crippen LogP contribution in [0.2, 0.25) is 0 Å². The standard InChI is InChI=1S/C12H16N4O2/c17-10-7-15-11-12(14-4-3-13-11)16(10)8-9-1-5-18-6-2-9/h3-4,9H,1-2,5-8H2,(H,13,15). The number of anilines is 2. The van der Waals surface area contributed by atoms with Gasteiger partial charge in [-0.05, 0) is 18.8 Å². The Bertz CT molecular complexity index is 445. The van der Waals surface area contributed by atoms with Crippen molar-refractivity contribution < 1.29 is 9.53 Å². The molecular weight excluding hydrogens is 232 g/mol. The minimum atomic E-state index is 0.0643. The largest absolute Gasteiger partial charge is 0.381 e. The van der Waals surface area contributed by atoms with Gasteiger partial charge in [-0.1, -0.05) is 0 Å². The average molecular weight is 248 g/mol. The maximum absolute atomic E-state index is 12.0. The van der Waals surface area contributed by atoms with Gasteiger partial charge in [0.05, 0.1) is 6.54 Å². The average Bonchev–Trinajstić information content (AvgIpc) is 2.43. The SMILES string of the molecule is O=C1CNc2nccnc2N1CC1CCOCC1. The quantitative estimate of drug-likeness (QED) is 0.833. The molecule has 1 N–H and O–H groups in total. The van der Waals surface area contributed by atoms with Gasteiger partial charge < -0.3 is 10.1 Å². The molecule has 0 saturated carbocycles. The molecule has 96 valence electrons.